The maximum atomic E-state index is 12.7. The Kier molecular flexibility index (Phi) is 4.99. The Hall–Kier alpha value is -2.15. The maximum Gasteiger partial charge on any atom is 0.322 e. The molecule has 1 N–H and O–H groups in total. The fraction of sp³-hybridized carbons (Fsp3) is 0.588. The lowest BCUT2D eigenvalue weighted by Crippen LogP contribution is -2.44. The second kappa shape index (κ2) is 7.17. The van der Waals surface area contributed by atoms with Crippen LogP contribution in [0.15, 0.2) is 18.2 Å². The van der Waals surface area contributed by atoms with E-state index in [0.29, 0.717) is 5.69 Å². The normalized spacial score (nSPS) is 21.2. The van der Waals surface area contributed by atoms with Gasteiger partial charge in [0.15, 0.2) is 0 Å². The number of urea groups is 1. The minimum absolute atomic E-state index is 0.00839. The predicted octanol–water partition coefficient (Wildman–Crippen LogP) is 3.00. The van der Waals surface area contributed by atoms with Crippen LogP contribution in [0.25, 0.3) is 0 Å². The summed E-state index contributed by atoms with van der Waals surface area (Å²) >= 11 is 0. The molecule has 0 aromatic heterocycles. The van der Waals surface area contributed by atoms with E-state index in [1.54, 1.807) is 6.07 Å². The highest BCUT2D eigenvalue weighted by molar-refractivity contribution is 5.91. The van der Waals surface area contributed by atoms with E-state index in [9.17, 15) is 14.9 Å². The van der Waals surface area contributed by atoms with Crippen LogP contribution in [0.2, 0.25) is 0 Å². The van der Waals surface area contributed by atoms with Crippen LogP contribution in [-0.2, 0) is 0 Å². The molecular formula is C17H24N4O3. The summed E-state index contributed by atoms with van der Waals surface area (Å²) in [5.41, 5.74) is 1.33. The number of carbonyl (C=O) groups is 1. The van der Waals surface area contributed by atoms with Crippen LogP contribution < -0.4 is 5.32 Å². The zero-order valence-electron chi connectivity index (χ0n) is 14.0. The minimum Gasteiger partial charge on any atom is -0.320 e. The topological polar surface area (TPSA) is 78.7 Å². The van der Waals surface area contributed by atoms with Crippen LogP contribution >= 0.6 is 0 Å². The maximum absolute atomic E-state index is 12.7. The third kappa shape index (κ3) is 3.67. The van der Waals surface area contributed by atoms with Crippen LogP contribution in [0.3, 0.4) is 0 Å². The first-order valence-corrected chi connectivity index (χ1v) is 8.59. The lowest BCUT2D eigenvalue weighted by molar-refractivity contribution is -0.384. The van der Waals surface area contributed by atoms with Crippen molar-refractivity contribution in [3.05, 3.63) is 33.9 Å². The fourth-order valence-corrected chi connectivity index (χ4v) is 3.60. The number of hydrogen-bond donors (Lipinski definition) is 1. The zero-order chi connectivity index (χ0) is 17.1. The summed E-state index contributed by atoms with van der Waals surface area (Å²) in [6.07, 6.45) is 4.52. The molecule has 2 aliphatic rings. The number of amides is 2. The number of anilines is 1. The van der Waals surface area contributed by atoms with Gasteiger partial charge in [-0.15, -0.1) is 0 Å². The van der Waals surface area contributed by atoms with E-state index in [2.05, 4.69) is 10.2 Å². The average Bonchev–Trinajstić information content (AvgIpc) is 3.21. The molecule has 2 amide bonds. The van der Waals surface area contributed by atoms with E-state index < -0.39 is 4.92 Å². The molecule has 2 saturated heterocycles. The van der Waals surface area contributed by atoms with Gasteiger partial charge in [0.2, 0.25) is 0 Å². The Morgan fingerprint density at radius 3 is 2.75 bits per heavy atom. The SMILES string of the molecule is Cc1ccc([N+](=O)[O-])cc1NC(=O)N1CCCC1CN1CCCC1. The number of hydrogen-bond acceptors (Lipinski definition) is 4. The summed E-state index contributed by atoms with van der Waals surface area (Å²) in [4.78, 5) is 27.5. The molecule has 7 nitrogen and oxygen atoms in total. The first kappa shape index (κ1) is 16.7. The highest BCUT2D eigenvalue weighted by atomic mass is 16.6. The molecule has 1 unspecified atom stereocenters. The molecule has 2 heterocycles. The molecule has 2 aliphatic heterocycles. The van der Waals surface area contributed by atoms with Crippen molar-refractivity contribution in [2.24, 2.45) is 0 Å². The molecule has 1 atom stereocenters. The third-order valence-electron chi connectivity index (χ3n) is 4.98. The number of benzene rings is 1. The molecule has 7 heteroatoms. The first-order chi connectivity index (χ1) is 11.5. The Morgan fingerprint density at radius 2 is 2.04 bits per heavy atom. The largest absolute Gasteiger partial charge is 0.322 e. The van der Waals surface area contributed by atoms with E-state index in [0.717, 1.165) is 44.6 Å². The van der Waals surface area contributed by atoms with Gasteiger partial charge in [0.25, 0.3) is 5.69 Å². The first-order valence-electron chi connectivity index (χ1n) is 8.59. The van der Waals surface area contributed by atoms with Gasteiger partial charge in [-0.3, -0.25) is 10.1 Å². The molecule has 0 spiro atoms. The molecule has 0 radical (unpaired) electrons. The average molecular weight is 332 g/mol. The summed E-state index contributed by atoms with van der Waals surface area (Å²) in [6.45, 7) is 5.76. The van der Waals surface area contributed by atoms with Gasteiger partial charge in [-0.1, -0.05) is 6.07 Å². The number of nitrogens with zero attached hydrogens (tertiary/aromatic N) is 3. The highest BCUT2D eigenvalue weighted by Gasteiger charge is 2.31. The lowest BCUT2D eigenvalue weighted by Gasteiger charge is -2.28. The summed E-state index contributed by atoms with van der Waals surface area (Å²) in [5.74, 6) is 0. The summed E-state index contributed by atoms with van der Waals surface area (Å²) < 4.78 is 0. The summed E-state index contributed by atoms with van der Waals surface area (Å²) in [7, 11) is 0. The van der Waals surface area contributed by atoms with E-state index in [-0.39, 0.29) is 17.8 Å². The van der Waals surface area contributed by atoms with E-state index in [4.69, 9.17) is 0 Å². The van der Waals surface area contributed by atoms with Crippen molar-refractivity contribution in [1.82, 2.24) is 9.80 Å². The Labute approximate surface area is 141 Å². The fourth-order valence-electron chi connectivity index (χ4n) is 3.60. The van der Waals surface area contributed by atoms with Crippen LogP contribution in [0.4, 0.5) is 16.2 Å². The molecule has 0 aliphatic carbocycles. The Bertz CT molecular complexity index is 628. The monoisotopic (exact) mass is 332 g/mol. The van der Waals surface area contributed by atoms with Gasteiger partial charge in [-0.2, -0.15) is 0 Å². The van der Waals surface area contributed by atoms with Crippen molar-refractivity contribution < 1.29 is 9.72 Å². The highest BCUT2D eigenvalue weighted by Crippen LogP contribution is 2.25. The van der Waals surface area contributed by atoms with Crippen molar-refractivity contribution in [3.63, 3.8) is 0 Å². The van der Waals surface area contributed by atoms with Gasteiger partial charge in [-0.05, 0) is 51.3 Å². The van der Waals surface area contributed by atoms with Crippen molar-refractivity contribution >= 4 is 17.4 Å². The summed E-state index contributed by atoms with van der Waals surface area (Å²) in [5, 5.41) is 13.8. The molecule has 3 rings (SSSR count). The Morgan fingerprint density at radius 1 is 1.29 bits per heavy atom. The number of nitrogens with one attached hydrogen (secondary N) is 1. The number of aryl methyl sites for hydroxylation is 1. The van der Waals surface area contributed by atoms with Crippen LogP contribution in [0, 0.1) is 17.0 Å². The number of likely N-dealkylation sites (tertiary alicyclic amines) is 2. The Balaban J connectivity index is 1.67. The number of non-ortho nitro benzene ring substituents is 1. The van der Waals surface area contributed by atoms with Crippen LogP contribution in [0.1, 0.15) is 31.2 Å². The van der Waals surface area contributed by atoms with E-state index in [1.165, 1.54) is 25.0 Å². The number of nitro groups is 1. The van der Waals surface area contributed by atoms with Gasteiger partial charge < -0.3 is 15.1 Å². The van der Waals surface area contributed by atoms with Crippen molar-refractivity contribution in [1.29, 1.82) is 0 Å². The molecular weight excluding hydrogens is 308 g/mol. The predicted molar refractivity (Wildman–Crippen MR) is 92.3 cm³/mol. The second-order valence-electron chi connectivity index (χ2n) is 6.68. The smallest absolute Gasteiger partial charge is 0.320 e. The van der Waals surface area contributed by atoms with Gasteiger partial charge in [-0.25, -0.2) is 4.79 Å². The van der Waals surface area contributed by atoms with Crippen molar-refractivity contribution in [2.45, 2.75) is 38.6 Å². The number of nitro benzene ring substituents is 1. The molecule has 24 heavy (non-hydrogen) atoms. The van der Waals surface area contributed by atoms with Gasteiger partial charge >= 0.3 is 6.03 Å². The minimum atomic E-state index is -0.443. The molecule has 0 saturated carbocycles. The number of carbonyl (C=O) groups excluding carboxylic acids is 1. The molecule has 130 valence electrons. The molecule has 1 aromatic rings. The second-order valence-corrected chi connectivity index (χ2v) is 6.68. The van der Waals surface area contributed by atoms with Gasteiger partial charge in [0, 0.05) is 31.3 Å². The van der Waals surface area contributed by atoms with Crippen molar-refractivity contribution in [2.75, 3.05) is 31.5 Å². The van der Waals surface area contributed by atoms with E-state index >= 15 is 0 Å². The number of rotatable bonds is 4. The third-order valence-corrected chi connectivity index (χ3v) is 4.98. The summed E-state index contributed by atoms with van der Waals surface area (Å²) in [6, 6.07) is 4.64. The zero-order valence-corrected chi connectivity index (χ0v) is 14.0. The van der Waals surface area contributed by atoms with Crippen LogP contribution in [-0.4, -0.2) is 53.0 Å². The molecule has 2 fully saturated rings. The van der Waals surface area contributed by atoms with Gasteiger partial charge in [0.05, 0.1) is 10.6 Å². The standard InChI is InChI=1S/C17H24N4O3/c1-13-6-7-14(21(23)24)11-16(13)18-17(22)20-10-4-5-15(20)12-19-8-2-3-9-19/h6-7,11,15H,2-5,8-10,12H2,1H3,(H,18,22). The van der Waals surface area contributed by atoms with E-state index in [1.807, 2.05) is 11.8 Å². The quantitative estimate of drug-likeness (QED) is 0.679. The van der Waals surface area contributed by atoms with Gasteiger partial charge in [0.1, 0.15) is 0 Å². The lowest BCUT2D eigenvalue weighted by atomic mass is 10.2. The molecule has 0 bridgehead atoms. The molecule has 1 aromatic carbocycles. The van der Waals surface area contributed by atoms with Crippen molar-refractivity contribution in [3.8, 4) is 0 Å². The van der Waals surface area contributed by atoms with Crippen LogP contribution in [0.5, 0.6) is 0 Å².